The fourth-order valence-electron chi connectivity index (χ4n) is 3.65. The minimum Gasteiger partial charge on any atom is -0.371 e. The summed E-state index contributed by atoms with van der Waals surface area (Å²) in [5, 5.41) is 5.92. The van der Waals surface area contributed by atoms with Gasteiger partial charge in [0, 0.05) is 31.2 Å². The Bertz CT molecular complexity index is 824. The number of carbonyl (C=O) groups excluding carboxylic acids is 2. The van der Waals surface area contributed by atoms with Crippen molar-refractivity contribution >= 4 is 23.2 Å². The number of hydrogen-bond donors (Lipinski definition) is 2. The molecule has 0 radical (unpaired) electrons. The van der Waals surface area contributed by atoms with Crippen LogP contribution in [0.3, 0.4) is 0 Å². The van der Waals surface area contributed by atoms with Gasteiger partial charge in [0.15, 0.2) is 0 Å². The Kier molecular flexibility index (Phi) is 7.28. The third-order valence-corrected chi connectivity index (χ3v) is 5.51. The van der Waals surface area contributed by atoms with Gasteiger partial charge in [-0.2, -0.15) is 0 Å². The highest BCUT2D eigenvalue weighted by Gasteiger charge is 2.26. The zero-order chi connectivity index (χ0) is 20.6. The predicted octanol–water partition coefficient (Wildman–Crippen LogP) is 4.38. The second-order valence-electron chi connectivity index (χ2n) is 7.74. The van der Waals surface area contributed by atoms with Gasteiger partial charge in [-0.05, 0) is 50.5 Å². The maximum Gasteiger partial charge on any atom is 0.253 e. The molecule has 5 heteroatoms. The Labute approximate surface area is 173 Å². The third-order valence-electron chi connectivity index (χ3n) is 5.51. The fraction of sp³-hybridized carbons (Fsp3) is 0.417. The summed E-state index contributed by atoms with van der Waals surface area (Å²) in [6.45, 7) is 6.54. The summed E-state index contributed by atoms with van der Waals surface area (Å²) < 4.78 is 0. The monoisotopic (exact) mass is 393 g/mol. The van der Waals surface area contributed by atoms with E-state index in [0.717, 1.165) is 38.8 Å². The quantitative estimate of drug-likeness (QED) is 0.686. The number of nitrogens with zero attached hydrogens (tertiary/aromatic N) is 1. The number of nitrogens with one attached hydrogen (secondary N) is 2. The van der Waals surface area contributed by atoms with Crippen LogP contribution in [0.2, 0.25) is 0 Å². The molecule has 1 aliphatic rings. The largest absolute Gasteiger partial charge is 0.371 e. The highest BCUT2D eigenvalue weighted by atomic mass is 16.2. The first-order valence-electron chi connectivity index (χ1n) is 10.6. The predicted molar refractivity (Wildman–Crippen MR) is 118 cm³/mol. The van der Waals surface area contributed by atoms with Crippen LogP contribution in [-0.4, -0.2) is 31.4 Å². The minimum atomic E-state index is -0.136. The van der Waals surface area contributed by atoms with Crippen LogP contribution in [0.15, 0.2) is 48.5 Å². The molecule has 0 unspecified atom stereocenters. The van der Waals surface area contributed by atoms with Crippen LogP contribution in [0, 0.1) is 12.8 Å². The number of hydrogen-bond acceptors (Lipinski definition) is 3. The molecular formula is C24H31N3O2. The number of anilines is 2. The summed E-state index contributed by atoms with van der Waals surface area (Å²) in [5.74, 6) is -0.168. The van der Waals surface area contributed by atoms with Crippen molar-refractivity contribution in [3.63, 3.8) is 0 Å². The van der Waals surface area contributed by atoms with E-state index in [4.69, 9.17) is 0 Å². The third kappa shape index (κ3) is 5.59. The van der Waals surface area contributed by atoms with E-state index in [0.29, 0.717) is 17.8 Å². The van der Waals surface area contributed by atoms with Crippen molar-refractivity contribution in [3.05, 3.63) is 59.7 Å². The van der Waals surface area contributed by atoms with Crippen molar-refractivity contribution in [2.24, 2.45) is 5.92 Å². The van der Waals surface area contributed by atoms with Crippen molar-refractivity contribution in [1.82, 2.24) is 5.32 Å². The van der Waals surface area contributed by atoms with Crippen molar-refractivity contribution in [3.8, 4) is 0 Å². The summed E-state index contributed by atoms with van der Waals surface area (Å²) >= 11 is 0. The number of para-hydroxylation sites is 1. The van der Waals surface area contributed by atoms with Gasteiger partial charge in [-0.15, -0.1) is 0 Å². The van der Waals surface area contributed by atoms with Gasteiger partial charge in [-0.1, -0.05) is 43.2 Å². The van der Waals surface area contributed by atoms with E-state index >= 15 is 0 Å². The lowest BCUT2D eigenvalue weighted by molar-refractivity contribution is -0.120. The second-order valence-corrected chi connectivity index (χ2v) is 7.74. The van der Waals surface area contributed by atoms with Crippen molar-refractivity contribution in [2.45, 2.75) is 39.5 Å². The van der Waals surface area contributed by atoms with Gasteiger partial charge in [-0.3, -0.25) is 9.59 Å². The van der Waals surface area contributed by atoms with Crippen LogP contribution < -0.4 is 15.5 Å². The number of piperidine rings is 1. The standard InChI is InChI=1S/C24H31N3O2/c1-3-4-15-25-24(29)21-7-5-6-8-22(21)26-23(28)19-13-16-27(17-14-19)20-11-9-18(2)10-12-20/h5-12,19H,3-4,13-17H2,1-2H3,(H,25,29)(H,26,28). The van der Waals surface area contributed by atoms with Gasteiger partial charge in [0.2, 0.25) is 5.91 Å². The molecule has 29 heavy (non-hydrogen) atoms. The van der Waals surface area contributed by atoms with Gasteiger partial charge in [0.05, 0.1) is 11.3 Å². The highest BCUT2D eigenvalue weighted by Crippen LogP contribution is 2.25. The smallest absolute Gasteiger partial charge is 0.253 e. The highest BCUT2D eigenvalue weighted by molar-refractivity contribution is 6.04. The van der Waals surface area contributed by atoms with Crippen molar-refractivity contribution in [1.29, 1.82) is 0 Å². The zero-order valence-electron chi connectivity index (χ0n) is 17.4. The van der Waals surface area contributed by atoms with Gasteiger partial charge < -0.3 is 15.5 Å². The number of aryl methyl sites for hydroxylation is 1. The molecule has 0 atom stereocenters. The molecule has 0 saturated carbocycles. The lowest BCUT2D eigenvalue weighted by atomic mass is 9.95. The van der Waals surface area contributed by atoms with Crippen LogP contribution in [-0.2, 0) is 4.79 Å². The minimum absolute atomic E-state index is 0.00219. The lowest BCUT2D eigenvalue weighted by Crippen LogP contribution is -2.38. The van der Waals surface area contributed by atoms with E-state index in [-0.39, 0.29) is 17.7 Å². The van der Waals surface area contributed by atoms with Crippen LogP contribution in [0.25, 0.3) is 0 Å². The lowest BCUT2D eigenvalue weighted by Gasteiger charge is -2.33. The Morgan fingerprint density at radius 2 is 1.72 bits per heavy atom. The molecular weight excluding hydrogens is 362 g/mol. The summed E-state index contributed by atoms with van der Waals surface area (Å²) in [6, 6.07) is 15.8. The summed E-state index contributed by atoms with van der Waals surface area (Å²) in [5.41, 5.74) is 3.57. The molecule has 2 aromatic rings. The first kappa shape index (κ1) is 20.9. The van der Waals surface area contributed by atoms with Crippen LogP contribution in [0.1, 0.15) is 48.5 Å². The average molecular weight is 394 g/mol. The van der Waals surface area contributed by atoms with Crippen molar-refractivity contribution < 1.29 is 9.59 Å². The second kappa shape index (κ2) is 10.1. The zero-order valence-corrected chi connectivity index (χ0v) is 17.4. The first-order valence-corrected chi connectivity index (χ1v) is 10.6. The summed E-state index contributed by atoms with van der Waals surface area (Å²) in [7, 11) is 0. The molecule has 1 fully saturated rings. The van der Waals surface area contributed by atoms with E-state index in [2.05, 4.69) is 53.6 Å². The normalized spacial score (nSPS) is 14.5. The van der Waals surface area contributed by atoms with Crippen LogP contribution in [0.4, 0.5) is 11.4 Å². The van der Waals surface area contributed by atoms with E-state index in [1.54, 1.807) is 12.1 Å². The van der Waals surface area contributed by atoms with Gasteiger partial charge in [-0.25, -0.2) is 0 Å². The molecule has 154 valence electrons. The summed E-state index contributed by atoms with van der Waals surface area (Å²) in [4.78, 5) is 27.6. The average Bonchev–Trinajstić information content (AvgIpc) is 2.75. The van der Waals surface area contributed by atoms with Crippen LogP contribution in [0.5, 0.6) is 0 Å². The maximum atomic E-state index is 12.8. The molecule has 0 spiro atoms. The van der Waals surface area contributed by atoms with Gasteiger partial charge in [0.25, 0.3) is 5.91 Å². The molecule has 0 aromatic heterocycles. The molecule has 3 rings (SSSR count). The molecule has 2 aromatic carbocycles. The maximum absolute atomic E-state index is 12.8. The van der Waals surface area contributed by atoms with Gasteiger partial charge in [0.1, 0.15) is 0 Å². The van der Waals surface area contributed by atoms with E-state index in [1.165, 1.54) is 11.3 Å². The molecule has 1 aliphatic heterocycles. The van der Waals surface area contributed by atoms with E-state index < -0.39 is 0 Å². The first-order chi connectivity index (χ1) is 14.1. The molecule has 0 aliphatic carbocycles. The number of unbranched alkanes of at least 4 members (excludes halogenated alkanes) is 1. The molecule has 0 bridgehead atoms. The fourth-order valence-corrected chi connectivity index (χ4v) is 3.65. The van der Waals surface area contributed by atoms with Gasteiger partial charge >= 0.3 is 0 Å². The number of benzene rings is 2. The molecule has 2 amide bonds. The molecule has 2 N–H and O–H groups in total. The SMILES string of the molecule is CCCCNC(=O)c1ccccc1NC(=O)C1CCN(c2ccc(C)cc2)CC1. The summed E-state index contributed by atoms with van der Waals surface area (Å²) in [6.07, 6.45) is 3.59. The number of rotatable bonds is 7. The Hall–Kier alpha value is -2.82. The molecule has 1 saturated heterocycles. The molecule has 1 heterocycles. The number of carbonyl (C=O) groups is 2. The van der Waals surface area contributed by atoms with E-state index in [9.17, 15) is 9.59 Å². The Morgan fingerprint density at radius 1 is 1.03 bits per heavy atom. The van der Waals surface area contributed by atoms with Crippen molar-refractivity contribution in [2.75, 3.05) is 29.9 Å². The van der Waals surface area contributed by atoms with E-state index in [1.807, 2.05) is 12.1 Å². The topological polar surface area (TPSA) is 61.4 Å². The Balaban J connectivity index is 1.57. The number of amides is 2. The Morgan fingerprint density at radius 3 is 2.41 bits per heavy atom. The van der Waals surface area contributed by atoms with Crippen LogP contribution >= 0.6 is 0 Å². The molecule has 5 nitrogen and oxygen atoms in total.